The van der Waals surface area contributed by atoms with Crippen LogP contribution in [0, 0.1) is 0 Å². The number of benzene rings is 1. The summed E-state index contributed by atoms with van der Waals surface area (Å²) >= 11 is 6.24. The molecule has 0 spiro atoms. The molecule has 1 aromatic carbocycles. The molecule has 0 fully saturated rings. The molecule has 3 aromatic heterocycles. The van der Waals surface area contributed by atoms with Crippen LogP contribution in [-0.4, -0.2) is 25.7 Å². The zero-order chi connectivity index (χ0) is 17.9. The fourth-order valence-electron chi connectivity index (χ4n) is 2.74. The predicted octanol–water partition coefficient (Wildman–Crippen LogP) is 3.19. The van der Waals surface area contributed by atoms with Crippen LogP contribution in [-0.2, 0) is 6.42 Å². The van der Waals surface area contributed by atoms with Crippen molar-refractivity contribution in [3.63, 3.8) is 0 Å². The average molecular weight is 366 g/mol. The summed E-state index contributed by atoms with van der Waals surface area (Å²) in [7, 11) is 0. The maximum Gasteiger partial charge on any atom is 0.292 e. The molecule has 0 aliphatic rings. The summed E-state index contributed by atoms with van der Waals surface area (Å²) in [5.41, 5.74) is 2.72. The number of fused-ring (bicyclic) bond motifs is 1. The number of nitrogens with one attached hydrogen (secondary N) is 1. The van der Waals surface area contributed by atoms with Gasteiger partial charge in [0.1, 0.15) is 10.7 Å². The van der Waals surface area contributed by atoms with Gasteiger partial charge in [-0.05, 0) is 24.3 Å². The van der Waals surface area contributed by atoms with Gasteiger partial charge in [0, 0.05) is 25.4 Å². The molecule has 4 rings (SSSR count). The van der Waals surface area contributed by atoms with Crippen molar-refractivity contribution in [1.82, 2.24) is 19.2 Å². The van der Waals surface area contributed by atoms with Crippen LogP contribution >= 0.6 is 11.6 Å². The maximum absolute atomic E-state index is 12.5. The van der Waals surface area contributed by atoms with Crippen LogP contribution in [0.2, 0.25) is 5.02 Å². The SMILES string of the molecule is O=c1c(Cl)c(NCCc2cn3ccccc3n2)cnn1-c1ccccc1. The summed E-state index contributed by atoms with van der Waals surface area (Å²) in [4.78, 5) is 17.0. The van der Waals surface area contributed by atoms with Crippen molar-refractivity contribution in [1.29, 1.82) is 0 Å². The lowest BCUT2D eigenvalue weighted by atomic mass is 10.3. The second kappa shape index (κ2) is 7.01. The third-order valence-electron chi connectivity index (χ3n) is 4.03. The van der Waals surface area contributed by atoms with Crippen LogP contribution < -0.4 is 10.9 Å². The number of para-hydroxylation sites is 1. The van der Waals surface area contributed by atoms with E-state index < -0.39 is 0 Å². The van der Waals surface area contributed by atoms with E-state index >= 15 is 0 Å². The van der Waals surface area contributed by atoms with Crippen molar-refractivity contribution < 1.29 is 0 Å². The highest BCUT2D eigenvalue weighted by molar-refractivity contribution is 6.32. The summed E-state index contributed by atoms with van der Waals surface area (Å²) in [6.45, 7) is 0.597. The summed E-state index contributed by atoms with van der Waals surface area (Å²) in [6.07, 6.45) is 6.23. The normalized spacial score (nSPS) is 11.0. The van der Waals surface area contributed by atoms with Crippen LogP contribution in [0.1, 0.15) is 5.69 Å². The first-order chi connectivity index (χ1) is 12.7. The molecule has 0 radical (unpaired) electrons. The molecule has 0 bridgehead atoms. The van der Waals surface area contributed by atoms with Gasteiger partial charge < -0.3 is 9.72 Å². The standard InChI is InChI=1S/C19H16ClN5O/c20-18-16(12-22-25(19(18)26)15-6-2-1-3-7-15)21-10-9-14-13-24-11-5-4-8-17(24)23-14/h1-8,11-13,21H,9-10H2. The largest absolute Gasteiger partial charge is 0.382 e. The van der Waals surface area contributed by atoms with Crippen LogP contribution in [0.4, 0.5) is 5.69 Å². The molecule has 6 nitrogen and oxygen atoms in total. The van der Waals surface area contributed by atoms with Crippen molar-refractivity contribution in [3.05, 3.63) is 88.2 Å². The van der Waals surface area contributed by atoms with E-state index in [4.69, 9.17) is 11.6 Å². The van der Waals surface area contributed by atoms with E-state index in [1.165, 1.54) is 4.68 Å². The molecule has 3 heterocycles. The third kappa shape index (κ3) is 3.19. The first-order valence-corrected chi connectivity index (χ1v) is 8.60. The number of hydrogen-bond acceptors (Lipinski definition) is 4. The highest BCUT2D eigenvalue weighted by Gasteiger charge is 2.10. The van der Waals surface area contributed by atoms with Crippen molar-refractivity contribution in [2.75, 3.05) is 11.9 Å². The molecule has 0 saturated carbocycles. The van der Waals surface area contributed by atoms with Gasteiger partial charge in [0.25, 0.3) is 5.56 Å². The van der Waals surface area contributed by atoms with Crippen molar-refractivity contribution in [2.24, 2.45) is 0 Å². The van der Waals surface area contributed by atoms with Gasteiger partial charge in [-0.3, -0.25) is 4.79 Å². The summed E-state index contributed by atoms with van der Waals surface area (Å²) in [5.74, 6) is 0. The number of aromatic nitrogens is 4. The van der Waals surface area contributed by atoms with Crippen LogP contribution in [0.5, 0.6) is 0 Å². The monoisotopic (exact) mass is 365 g/mol. The topological polar surface area (TPSA) is 64.2 Å². The van der Waals surface area contributed by atoms with E-state index in [1.54, 1.807) is 18.3 Å². The molecule has 7 heteroatoms. The van der Waals surface area contributed by atoms with E-state index in [-0.39, 0.29) is 10.6 Å². The number of imidazole rings is 1. The lowest BCUT2D eigenvalue weighted by Crippen LogP contribution is -2.23. The fraction of sp³-hybridized carbons (Fsp3) is 0.105. The number of nitrogens with zero attached hydrogens (tertiary/aromatic N) is 4. The number of rotatable bonds is 5. The molecule has 26 heavy (non-hydrogen) atoms. The fourth-order valence-corrected chi connectivity index (χ4v) is 2.94. The molecule has 130 valence electrons. The number of pyridine rings is 1. The van der Waals surface area contributed by atoms with E-state index in [9.17, 15) is 4.79 Å². The Bertz CT molecular complexity index is 1070. The summed E-state index contributed by atoms with van der Waals surface area (Å²) < 4.78 is 3.26. The van der Waals surface area contributed by atoms with Crippen LogP contribution in [0.15, 0.2) is 71.9 Å². The van der Waals surface area contributed by atoms with Gasteiger partial charge >= 0.3 is 0 Å². The molecular formula is C19H16ClN5O. The van der Waals surface area contributed by atoms with E-state index in [2.05, 4.69) is 15.4 Å². The van der Waals surface area contributed by atoms with Crippen molar-refractivity contribution >= 4 is 22.9 Å². The molecule has 0 aliphatic carbocycles. The first kappa shape index (κ1) is 16.4. The number of halogens is 1. The van der Waals surface area contributed by atoms with Gasteiger partial charge in [-0.25, -0.2) is 4.98 Å². The Hall–Kier alpha value is -3.12. The minimum Gasteiger partial charge on any atom is -0.382 e. The Balaban J connectivity index is 1.48. The minimum absolute atomic E-state index is 0.124. The molecule has 4 aromatic rings. The van der Waals surface area contributed by atoms with Gasteiger partial charge in [0.15, 0.2) is 0 Å². The molecule has 0 amide bonds. The number of anilines is 1. The molecule has 0 unspecified atom stereocenters. The Morgan fingerprint density at radius 1 is 1.08 bits per heavy atom. The lowest BCUT2D eigenvalue weighted by molar-refractivity contribution is 0.806. The van der Waals surface area contributed by atoms with E-state index in [0.29, 0.717) is 24.3 Å². The molecule has 1 N–H and O–H groups in total. The first-order valence-electron chi connectivity index (χ1n) is 8.22. The van der Waals surface area contributed by atoms with Crippen molar-refractivity contribution in [3.8, 4) is 5.69 Å². The van der Waals surface area contributed by atoms with Gasteiger partial charge in [-0.2, -0.15) is 9.78 Å². The van der Waals surface area contributed by atoms with Gasteiger partial charge in [-0.15, -0.1) is 0 Å². The summed E-state index contributed by atoms with van der Waals surface area (Å²) in [5, 5.41) is 7.50. The van der Waals surface area contributed by atoms with Gasteiger partial charge in [-0.1, -0.05) is 35.9 Å². The van der Waals surface area contributed by atoms with Crippen LogP contribution in [0.3, 0.4) is 0 Å². The predicted molar refractivity (Wildman–Crippen MR) is 102 cm³/mol. The second-order valence-corrected chi connectivity index (χ2v) is 6.18. The average Bonchev–Trinajstić information content (AvgIpc) is 3.09. The zero-order valence-electron chi connectivity index (χ0n) is 13.8. The lowest BCUT2D eigenvalue weighted by Gasteiger charge is -2.09. The van der Waals surface area contributed by atoms with Crippen LogP contribution in [0.25, 0.3) is 11.3 Å². The van der Waals surface area contributed by atoms with E-state index in [0.717, 1.165) is 11.3 Å². The summed E-state index contributed by atoms with van der Waals surface area (Å²) in [6, 6.07) is 15.1. The Morgan fingerprint density at radius 3 is 2.69 bits per heavy atom. The maximum atomic E-state index is 12.5. The Labute approximate surface area is 154 Å². The highest BCUT2D eigenvalue weighted by Crippen LogP contribution is 2.16. The molecule has 0 saturated heterocycles. The molecular weight excluding hydrogens is 350 g/mol. The van der Waals surface area contributed by atoms with E-state index in [1.807, 2.05) is 53.2 Å². The molecule has 0 atom stereocenters. The smallest absolute Gasteiger partial charge is 0.292 e. The zero-order valence-corrected chi connectivity index (χ0v) is 14.6. The Kier molecular flexibility index (Phi) is 4.41. The Morgan fingerprint density at radius 2 is 1.88 bits per heavy atom. The van der Waals surface area contributed by atoms with Gasteiger partial charge in [0.05, 0.1) is 23.3 Å². The highest BCUT2D eigenvalue weighted by atomic mass is 35.5. The minimum atomic E-state index is -0.351. The number of hydrogen-bond donors (Lipinski definition) is 1. The molecule has 0 aliphatic heterocycles. The quantitative estimate of drug-likeness (QED) is 0.590. The second-order valence-electron chi connectivity index (χ2n) is 5.80. The van der Waals surface area contributed by atoms with Gasteiger partial charge in [0.2, 0.25) is 0 Å². The third-order valence-corrected chi connectivity index (χ3v) is 4.40. The van der Waals surface area contributed by atoms with Crippen molar-refractivity contribution in [2.45, 2.75) is 6.42 Å².